The fourth-order valence-electron chi connectivity index (χ4n) is 2.90. The molecule has 1 fully saturated rings. The average molecular weight is 322 g/mol. The number of aryl methyl sites for hydroxylation is 1. The summed E-state index contributed by atoms with van der Waals surface area (Å²) in [6.07, 6.45) is 16.9. The van der Waals surface area contributed by atoms with Crippen LogP contribution in [0.2, 0.25) is 0 Å². The van der Waals surface area contributed by atoms with Gasteiger partial charge in [-0.2, -0.15) is 0 Å². The van der Waals surface area contributed by atoms with E-state index in [9.17, 15) is 0 Å². The largest absolute Gasteiger partial charge is 0.316 e. The highest BCUT2D eigenvalue weighted by atomic mass is 14.9. The molecule has 1 saturated heterocycles. The Morgan fingerprint density at radius 2 is 2.04 bits per heavy atom. The first kappa shape index (κ1) is 19.9. The van der Waals surface area contributed by atoms with E-state index in [1.165, 1.54) is 36.8 Å². The van der Waals surface area contributed by atoms with Crippen LogP contribution in [-0.4, -0.2) is 18.1 Å². The van der Waals surface area contributed by atoms with Gasteiger partial charge in [-0.1, -0.05) is 44.5 Å². The number of hydrogen-bond acceptors (Lipinski definition) is 2. The Morgan fingerprint density at radius 1 is 1.29 bits per heavy atom. The average Bonchev–Trinajstić information content (AvgIpc) is 2.65. The number of nitrogens with one attached hydrogen (secondary N) is 1. The quantitative estimate of drug-likeness (QED) is 0.635. The van der Waals surface area contributed by atoms with Crippen molar-refractivity contribution in [3.05, 3.63) is 54.7 Å². The molecule has 1 aliphatic rings. The summed E-state index contributed by atoms with van der Waals surface area (Å²) in [6.45, 7) is 10.6. The summed E-state index contributed by atoms with van der Waals surface area (Å²) in [7, 11) is 0. The number of benzene rings is 1. The molecular weight excluding hydrogens is 292 g/mol. The third kappa shape index (κ3) is 5.83. The zero-order chi connectivity index (χ0) is 17.8. The summed E-state index contributed by atoms with van der Waals surface area (Å²) in [6, 6.07) is 10.4. The van der Waals surface area contributed by atoms with Crippen molar-refractivity contribution in [3.63, 3.8) is 0 Å². The molecule has 1 atom stereocenters. The van der Waals surface area contributed by atoms with E-state index in [1.54, 1.807) is 0 Å². The topological polar surface area (TPSA) is 24.9 Å². The van der Waals surface area contributed by atoms with Crippen LogP contribution in [0.3, 0.4) is 0 Å². The van der Waals surface area contributed by atoms with Crippen LogP contribution < -0.4 is 5.32 Å². The molecule has 3 rings (SSSR count). The Balaban J connectivity index is 0.000000230. The minimum atomic E-state index is 0.373. The molecule has 0 aliphatic carbocycles. The normalized spacial score (nSPS) is 19.3. The lowest BCUT2D eigenvalue weighted by Crippen LogP contribution is -2.36. The van der Waals surface area contributed by atoms with Gasteiger partial charge in [0.1, 0.15) is 0 Å². The molecule has 2 heteroatoms. The van der Waals surface area contributed by atoms with E-state index in [0.29, 0.717) is 5.41 Å². The molecule has 0 amide bonds. The van der Waals surface area contributed by atoms with Crippen LogP contribution in [0, 0.1) is 18.3 Å². The van der Waals surface area contributed by atoms with Crippen molar-refractivity contribution in [1.82, 2.24) is 10.3 Å². The monoisotopic (exact) mass is 322 g/mol. The fraction of sp³-hybridized carbons (Fsp3) is 0.409. The van der Waals surface area contributed by atoms with Crippen LogP contribution in [0.5, 0.6) is 0 Å². The minimum Gasteiger partial charge on any atom is -0.316 e. The minimum absolute atomic E-state index is 0.373. The highest BCUT2D eigenvalue weighted by Crippen LogP contribution is 2.25. The molecule has 1 aromatic carbocycles. The van der Waals surface area contributed by atoms with Gasteiger partial charge in [-0.15, -0.1) is 19.4 Å². The Kier molecular flexibility index (Phi) is 8.83. The lowest BCUT2D eigenvalue weighted by atomic mass is 9.83. The number of terminal acetylenes is 1. The Labute approximate surface area is 147 Å². The van der Waals surface area contributed by atoms with Gasteiger partial charge in [-0.3, -0.25) is 4.98 Å². The molecule has 0 unspecified atom stereocenters. The third-order valence-electron chi connectivity index (χ3n) is 4.38. The van der Waals surface area contributed by atoms with Crippen molar-refractivity contribution in [3.8, 4) is 12.8 Å². The second-order valence-electron chi connectivity index (χ2n) is 6.38. The standard InChI is InChI=1S/C12H13N.C8H15N.C2H2/c1-2-5-10-8-9-13-12-7-4-3-6-11(10)12;1-3-8(2)5-4-6-9-7-8;1-2/h3-4,6-9H,2,5H2,1H3;3,9H,1,4-7H2,2H3;1-2H/t;8-;/m.1./s1. The highest BCUT2D eigenvalue weighted by Gasteiger charge is 2.21. The van der Waals surface area contributed by atoms with Gasteiger partial charge >= 0.3 is 0 Å². The molecule has 0 radical (unpaired) electrons. The zero-order valence-corrected chi connectivity index (χ0v) is 15.1. The lowest BCUT2D eigenvalue weighted by Gasteiger charge is -2.30. The third-order valence-corrected chi connectivity index (χ3v) is 4.38. The fourth-order valence-corrected chi connectivity index (χ4v) is 2.90. The SMILES string of the molecule is C#C.C=C[C@]1(C)CCCNC1.CCCc1ccnc2ccccc12. The molecule has 1 N–H and O–H groups in total. The number of fused-ring (bicyclic) bond motifs is 1. The van der Waals surface area contributed by atoms with Gasteiger partial charge in [0, 0.05) is 18.1 Å². The first-order chi connectivity index (χ1) is 11.7. The first-order valence-electron chi connectivity index (χ1n) is 8.69. The van der Waals surface area contributed by atoms with Gasteiger partial charge in [0.25, 0.3) is 0 Å². The molecule has 0 saturated carbocycles. The lowest BCUT2D eigenvalue weighted by molar-refractivity contribution is 0.307. The van der Waals surface area contributed by atoms with Gasteiger partial charge < -0.3 is 5.32 Å². The molecule has 2 heterocycles. The predicted octanol–water partition coefficient (Wildman–Crippen LogP) is 5.00. The van der Waals surface area contributed by atoms with Gasteiger partial charge in [0.05, 0.1) is 5.52 Å². The molecular formula is C22H30N2. The van der Waals surface area contributed by atoms with Crippen LogP contribution in [0.4, 0.5) is 0 Å². The number of piperidine rings is 1. The Morgan fingerprint density at radius 3 is 2.62 bits per heavy atom. The summed E-state index contributed by atoms with van der Waals surface area (Å²) in [5, 5.41) is 4.65. The molecule has 0 spiro atoms. The van der Waals surface area contributed by atoms with E-state index >= 15 is 0 Å². The van der Waals surface area contributed by atoms with Gasteiger partial charge in [-0.25, -0.2) is 0 Å². The van der Waals surface area contributed by atoms with Crippen molar-refractivity contribution in [2.75, 3.05) is 13.1 Å². The Hall–Kier alpha value is -2.11. The van der Waals surface area contributed by atoms with Crippen LogP contribution in [0.15, 0.2) is 49.2 Å². The van der Waals surface area contributed by atoms with Crippen LogP contribution in [0.25, 0.3) is 10.9 Å². The molecule has 2 nitrogen and oxygen atoms in total. The number of aromatic nitrogens is 1. The van der Waals surface area contributed by atoms with E-state index < -0.39 is 0 Å². The van der Waals surface area contributed by atoms with Crippen molar-refractivity contribution in [2.45, 2.75) is 39.5 Å². The number of pyridine rings is 1. The molecule has 24 heavy (non-hydrogen) atoms. The zero-order valence-electron chi connectivity index (χ0n) is 15.1. The maximum atomic E-state index is 4.32. The van der Waals surface area contributed by atoms with Crippen molar-refractivity contribution >= 4 is 10.9 Å². The molecule has 0 bridgehead atoms. The molecule has 2 aromatic rings. The van der Waals surface area contributed by atoms with E-state index in [1.807, 2.05) is 12.3 Å². The summed E-state index contributed by atoms with van der Waals surface area (Å²) < 4.78 is 0. The summed E-state index contributed by atoms with van der Waals surface area (Å²) in [5.74, 6) is 0. The highest BCUT2D eigenvalue weighted by molar-refractivity contribution is 5.81. The summed E-state index contributed by atoms with van der Waals surface area (Å²) >= 11 is 0. The van der Waals surface area contributed by atoms with Crippen LogP contribution >= 0.6 is 0 Å². The van der Waals surface area contributed by atoms with Gasteiger partial charge in [0.2, 0.25) is 0 Å². The number of rotatable bonds is 3. The van der Waals surface area contributed by atoms with E-state index in [0.717, 1.165) is 18.5 Å². The number of para-hydroxylation sites is 1. The molecule has 1 aromatic heterocycles. The van der Waals surface area contributed by atoms with Gasteiger partial charge in [-0.05, 0) is 48.9 Å². The predicted molar refractivity (Wildman–Crippen MR) is 106 cm³/mol. The van der Waals surface area contributed by atoms with E-state index in [-0.39, 0.29) is 0 Å². The van der Waals surface area contributed by atoms with Crippen LogP contribution in [0.1, 0.15) is 38.7 Å². The molecule has 128 valence electrons. The van der Waals surface area contributed by atoms with Crippen molar-refractivity contribution < 1.29 is 0 Å². The maximum Gasteiger partial charge on any atom is 0.0704 e. The van der Waals surface area contributed by atoms with Crippen LogP contribution in [-0.2, 0) is 6.42 Å². The van der Waals surface area contributed by atoms with E-state index in [4.69, 9.17) is 0 Å². The maximum absolute atomic E-state index is 4.32. The first-order valence-corrected chi connectivity index (χ1v) is 8.69. The molecule has 1 aliphatic heterocycles. The van der Waals surface area contributed by atoms with Crippen molar-refractivity contribution in [2.24, 2.45) is 5.41 Å². The Bertz CT molecular complexity index is 631. The second-order valence-corrected chi connectivity index (χ2v) is 6.38. The summed E-state index contributed by atoms with van der Waals surface area (Å²) in [4.78, 5) is 4.32. The smallest absolute Gasteiger partial charge is 0.0704 e. The summed E-state index contributed by atoms with van der Waals surface area (Å²) in [5.41, 5.74) is 2.89. The van der Waals surface area contributed by atoms with Crippen molar-refractivity contribution in [1.29, 1.82) is 0 Å². The number of hydrogen-bond donors (Lipinski definition) is 1. The number of nitrogens with zero attached hydrogens (tertiary/aromatic N) is 1. The second kappa shape index (κ2) is 10.6. The van der Waals surface area contributed by atoms with Gasteiger partial charge in [0.15, 0.2) is 0 Å². The van der Waals surface area contributed by atoms with E-state index in [2.05, 4.69) is 73.9 Å².